The average Bonchev–Trinajstić information content (AvgIpc) is 3.11. The summed E-state index contributed by atoms with van der Waals surface area (Å²) in [6, 6.07) is 13.2. The van der Waals surface area contributed by atoms with Crippen LogP contribution in [0.5, 0.6) is 0 Å². The molecular formula is C18H24Cl2N4O. The second-order valence-corrected chi connectivity index (χ2v) is 5.87. The van der Waals surface area contributed by atoms with Crippen molar-refractivity contribution in [2.45, 2.75) is 25.3 Å². The van der Waals surface area contributed by atoms with E-state index in [1.54, 1.807) is 6.20 Å². The number of anilines is 2. The SMILES string of the molecule is Cl.Cl.NC(CC(=O)Nc1ccc(N2CCCC2)nc1)c1ccccc1. The molecule has 2 aromatic rings. The summed E-state index contributed by atoms with van der Waals surface area (Å²) >= 11 is 0. The van der Waals surface area contributed by atoms with Crippen molar-refractivity contribution in [2.24, 2.45) is 5.73 Å². The summed E-state index contributed by atoms with van der Waals surface area (Å²) in [6.45, 7) is 2.12. The lowest BCUT2D eigenvalue weighted by molar-refractivity contribution is -0.116. The van der Waals surface area contributed by atoms with Gasteiger partial charge in [-0.2, -0.15) is 0 Å². The van der Waals surface area contributed by atoms with Gasteiger partial charge in [-0.1, -0.05) is 30.3 Å². The summed E-state index contributed by atoms with van der Waals surface area (Å²) in [5, 5.41) is 2.86. The van der Waals surface area contributed by atoms with Gasteiger partial charge >= 0.3 is 0 Å². The average molecular weight is 383 g/mol. The fourth-order valence-corrected chi connectivity index (χ4v) is 2.82. The molecule has 3 rings (SSSR count). The number of nitrogens with one attached hydrogen (secondary N) is 1. The summed E-state index contributed by atoms with van der Waals surface area (Å²) in [4.78, 5) is 18.8. The van der Waals surface area contributed by atoms with Crippen LogP contribution in [-0.2, 0) is 4.79 Å². The molecule has 0 radical (unpaired) electrons. The lowest BCUT2D eigenvalue weighted by Crippen LogP contribution is -2.21. The Morgan fingerprint density at radius 1 is 1.12 bits per heavy atom. The quantitative estimate of drug-likeness (QED) is 0.828. The van der Waals surface area contributed by atoms with Gasteiger partial charge in [-0.15, -0.1) is 24.8 Å². The maximum atomic E-state index is 12.1. The molecule has 25 heavy (non-hydrogen) atoms. The zero-order chi connectivity index (χ0) is 16.1. The van der Waals surface area contributed by atoms with Crippen LogP contribution in [0.1, 0.15) is 30.9 Å². The van der Waals surface area contributed by atoms with E-state index in [2.05, 4.69) is 15.2 Å². The number of nitrogens with zero attached hydrogens (tertiary/aromatic N) is 2. The highest BCUT2D eigenvalue weighted by molar-refractivity contribution is 5.91. The third kappa shape index (κ3) is 5.88. The van der Waals surface area contributed by atoms with Gasteiger partial charge in [-0.05, 0) is 30.5 Å². The van der Waals surface area contributed by atoms with Crippen LogP contribution < -0.4 is 16.0 Å². The van der Waals surface area contributed by atoms with E-state index in [-0.39, 0.29) is 43.2 Å². The van der Waals surface area contributed by atoms with Crippen LogP contribution in [0.2, 0.25) is 0 Å². The van der Waals surface area contributed by atoms with E-state index in [1.165, 1.54) is 12.8 Å². The zero-order valence-corrected chi connectivity index (χ0v) is 15.6. The lowest BCUT2D eigenvalue weighted by atomic mass is 10.0. The summed E-state index contributed by atoms with van der Waals surface area (Å²) in [5.41, 5.74) is 7.74. The molecule has 1 aliphatic heterocycles. The zero-order valence-electron chi connectivity index (χ0n) is 13.9. The summed E-state index contributed by atoms with van der Waals surface area (Å²) in [6.07, 6.45) is 4.40. The smallest absolute Gasteiger partial charge is 0.226 e. The van der Waals surface area contributed by atoms with Crippen molar-refractivity contribution in [2.75, 3.05) is 23.3 Å². The van der Waals surface area contributed by atoms with E-state index in [0.29, 0.717) is 5.69 Å². The summed E-state index contributed by atoms with van der Waals surface area (Å²) < 4.78 is 0. The molecule has 1 fully saturated rings. The molecule has 2 heterocycles. The van der Waals surface area contributed by atoms with Crippen molar-refractivity contribution in [1.29, 1.82) is 0 Å². The van der Waals surface area contributed by atoms with E-state index in [0.717, 1.165) is 24.5 Å². The first-order valence-electron chi connectivity index (χ1n) is 8.04. The first-order valence-corrected chi connectivity index (χ1v) is 8.04. The van der Waals surface area contributed by atoms with Crippen LogP contribution in [-0.4, -0.2) is 24.0 Å². The number of aromatic nitrogens is 1. The van der Waals surface area contributed by atoms with Gasteiger partial charge in [-0.25, -0.2) is 4.98 Å². The second-order valence-electron chi connectivity index (χ2n) is 5.87. The van der Waals surface area contributed by atoms with Crippen molar-refractivity contribution in [3.63, 3.8) is 0 Å². The molecule has 136 valence electrons. The van der Waals surface area contributed by atoms with Gasteiger partial charge in [0.15, 0.2) is 0 Å². The Kier molecular flexibility index (Phi) is 8.69. The van der Waals surface area contributed by atoms with E-state index in [1.807, 2.05) is 42.5 Å². The Balaban J connectivity index is 0.00000156. The Labute approximate surface area is 160 Å². The second kappa shape index (κ2) is 10.2. The van der Waals surface area contributed by atoms with Gasteiger partial charge < -0.3 is 16.0 Å². The number of pyridine rings is 1. The van der Waals surface area contributed by atoms with Crippen LogP contribution in [0.15, 0.2) is 48.7 Å². The third-order valence-corrected chi connectivity index (χ3v) is 4.09. The maximum absolute atomic E-state index is 12.1. The fraction of sp³-hybridized carbons (Fsp3) is 0.333. The Morgan fingerprint density at radius 2 is 1.80 bits per heavy atom. The van der Waals surface area contributed by atoms with Gasteiger partial charge in [0.1, 0.15) is 5.82 Å². The molecular weight excluding hydrogens is 359 g/mol. The van der Waals surface area contributed by atoms with Crippen molar-refractivity contribution in [3.8, 4) is 0 Å². The number of carbonyl (C=O) groups is 1. The molecule has 0 aliphatic carbocycles. The molecule has 1 amide bonds. The number of carbonyl (C=O) groups excluding carboxylic acids is 1. The van der Waals surface area contributed by atoms with Crippen molar-refractivity contribution in [1.82, 2.24) is 4.98 Å². The summed E-state index contributed by atoms with van der Waals surface area (Å²) in [7, 11) is 0. The Morgan fingerprint density at radius 3 is 2.40 bits per heavy atom. The van der Waals surface area contributed by atoms with Gasteiger partial charge in [0.05, 0.1) is 11.9 Å². The predicted molar refractivity (Wildman–Crippen MR) is 107 cm³/mol. The summed E-state index contributed by atoms with van der Waals surface area (Å²) in [5.74, 6) is 0.874. The van der Waals surface area contributed by atoms with Crippen molar-refractivity contribution in [3.05, 3.63) is 54.2 Å². The molecule has 1 atom stereocenters. The van der Waals surface area contributed by atoms with Crippen LogP contribution >= 0.6 is 24.8 Å². The highest BCUT2D eigenvalue weighted by Crippen LogP contribution is 2.20. The Bertz CT molecular complexity index is 646. The molecule has 1 unspecified atom stereocenters. The van der Waals surface area contributed by atoms with Crippen LogP contribution in [0.4, 0.5) is 11.5 Å². The highest BCUT2D eigenvalue weighted by Gasteiger charge is 2.14. The van der Waals surface area contributed by atoms with Crippen molar-refractivity contribution >= 4 is 42.2 Å². The van der Waals surface area contributed by atoms with Gasteiger partial charge in [0.2, 0.25) is 5.91 Å². The molecule has 0 spiro atoms. The minimum Gasteiger partial charge on any atom is -0.357 e. The largest absolute Gasteiger partial charge is 0.357 e. The molecule has 7 heteroatoms. The van der Waals surface area contributed by atoms with E-state index in [9.17, 15) is 4.79 Å². The standard InChI is InChI=1S/C18H22N4O.2ClH/c19-16(14-6-2-1-3-7-14)12-18(23)21-15-8-9-17(20-13-15)22-10-4-5-11-22;;/h1-3,6-9,13,16H,4-5,10-12,19H2,(H,21,23);2*1H. The number of halogens is 2. The normalized spacial score (nSPS) is 14.2. The monoisotopic (exact) mass is 382 g/mol. The van der Waals surface area contributed by atoms with E-state index in [4.69, 9.17) is 5.73 Å². The molecule has 1 aromatic heterocycles. The molecule has 5 nitrogen and oxygen atoms in total. The Hall–Kier alpha value is -1.82. The van der Waals surface area contributed by atoms with Gasteiger partial charge in [-0.3, -0.25) is 4.79 Å². The molecule has 1 aliphatic rings. The van der Waals surface area contributed by atoms with E-state index < -0.39 is 0 Å². The topological polar surface area (TPSA) is 71.2 Å². The van der Waals surface area contributed by atoms with Crippen LogP contribution in [0.25, 0.3) is 0 Å². The first kappa shape index (κ1) is 21.2. The van der Waals surface area contributed by atoms with Crippen LogP contribution in [0, 0.1) is 0 Å². The fourth-order valence-electron chi connectivity index (χ4n) is 2.82. The van der Waals surface area contributed by atoms with Crippen molar-refractivity contribution < 1.29 is 4.79 Å². The third-order valence-electron chi connectivity index (χ3n) is 4.09. The predicted octanol–water partition coefficient (Wildman–Crippen LogP) is 3.55. The number of nitrogens with two attached hydrogens (primary N) is 1. The minimum absolute atomic E-state index is 0. The molecule has 1 saturated heterocycles. The number of hydrogen-bond acceptors (Lipinski definition) is 4. The van der Waals surface area contributed by atoms with Crippen LogP contribution in [0.3, 0.4) is 0 Å². The molecule has 0 saturated carbocycles. The van der Waals surface area contributed by atoms with Gasteiger partial charge in [0, 0.05) is 25.6 Å². The number of benzene rings is 1. The van der Waals surface area contributed by atoms with Gasteiger partial charge in [0.25, 0.3) is 0 Å². The molecule has 3 N–H and O–H groups in total. The number of hydrogen-bond donors (Lipinski definition) is 2. The molecule has 1 aromatic carbocycles. The lowest BCUT2D eigenvalue weighted by Gasteiger charge is -2.16. The first-order chi connectivity index (χ1) is 11.2. The highest BCUT2D eigenvalue weighted by atomic mass is 35.5. The maximum Gasteiger partial charge on any atom is 0.226 e. The minimum atomic E-state index is -0.298. The van der Waals surface area contributed by atoms with E-state index >= 15 is 0 Å². The number of amides is 1. The number of rotatable bonds is 5. The molecule has 0 bridgehead atoms.